The van der Waals surface area contributed by atoms with Gasteiger partial charge in [0.25, 0.3) is 0 Å². The lowest BCUT2D eigenvalue weighted by atomic mass is 10.0. The first kappa shape index (κ1) is 8.38. The molecule has 0 fully saturated rings. The van der Waals surface area contributed by atoms with Gasteiger partial charge in [-0.2, -0.15) is 0 Å². The zero-order valence-corrected chi connectivity index (χ0v) is 8.10. The molecule has 3 heteroatoms. The Bertz CT molecular complexity index is 401. The largest absolute Gasteiger partial charge is 0.294 e. The summed E-state index contributed by atoms with van der Waals surface area (Å²) >= 11 is 1.60. The Kier molecular flexibility index (Phi) is 2.10. The van der Waals surface area contributed by atoms with E-state index in [1.807, 2.05) is 24.5 Å². The van der Waals surface area contributed by atoms with Crippen molar-refractivity contribution in [2.24, 2.45) is 0 Å². The summed E-state index contributed by atoms with van der Waals surface area (Å²) in [6.07, 6.45) is 6.02. The van der Waals surface area contributed by atoms with E-state index in [0.717, 1.165) is 16.3 Å². The van der Waals surface area contributed by atoms with E-state index in [1.165, 1.54) is 0 Å². The first-order valence-corrected chi connectivity index (χ1v) is 4.97. The third-order valence-corrected chi connectivity index (χ3v) is 2.62. The molecule has 0 bridgehead atoms. The topological polar surface area (TPSA) is 30.0 Å². The molecule has 13 heavy (non-hydrogen) atoms. The van der Waals surface area contributed by atoms with Crippen molar-refractivity contribution in [1.29, 1.82) is 0 Å². The van der Waals surface area contributed by atoms with Gasteiger partial charge in [0.1, 0.15) is 0 Å². The van der Waals surface area contributed by atoms with Gasteiger partial charge < -0.3 is 0 Å². The second-order valence-electron chi connectivity index (χ2n) is 2.92. The minimum absolute atomic E-state index is 0.156. The molecule has 1 heterocycles. The molecule has 0 aliphatic heterocycles. The summed E-state index contributed by atoms with van der Waals surface area (Å²) < 4.78 is 0. The fourth-order valence-electron chi connectivity index (χ4n) is 1.24. The van der Waals surface area contributed by atoms with Gasteiger partial charge >= 0.3 is 0 Å². The molecule has 0 saturated carbocycles. The van der Waals surface area contributed by atoms with Crippen LogP contribution in [0.1, 0.15) is 17.1 Å². The van der Waals surface area contributed by atoms with Gasteiger partial charge in [0.05, 0.1) is 10.7 Å². The molecule has 0 saturated heterocycles. The number of carbonyl (C=O) groups is 1. The molecule has 0 atom stereocenters. The Morgan fingerprint density at radius 2 is 2.38 bits per heavy atom. The Morgan fingerprint density at radius 1 is 1.54 bits per heavy atom. The zero-order chi connectivity index (χ0) is 9.26. The number of thiazole rings is 1. The van der Waals surface area contributed by atoms with Crippen LogP contribution in [0.25, 0.3) is 5.57 Å². The van der Waals surface area contributed by atoms with Crippen molar-refractivity contribution in [2.75, 3.05) is 0 Å². The molecular weight excluding hydrogens is 182 g/mol. The van der Waals surface area contributed by atoms with Crippen LogP contribution >= 0.6 is 11.3 Å². The number of aryl methyl sites for hydroxylation is 1. The van der Waals surface area contributed by atoms with Crippen LogP contribution in [0.2, 0.25) is 0 Å². The predicted octanol–water partition coefficient (Wildman–Crippen LogP) is 2.36. The Balaban J connectivity index is 2.36. The lowest BCUT2D eigenvalue weighted by Gasteiger charge is -2.01. The molecule has 1 aromatic heterocycles. The molecular formula is C10H9NOS. The summed E-state index contributed by atoms with van der Waals surface area (Å²) in [6, 6.07) is 0. The number of rotatable bonds is 1. The summed E-state index contributed by atoms with van der Waals surface area (Å²) in [5, 5.41) is 3.01. The molecule has 1 aliphatic carbocycles. The average Bonchev–Trinajstić information content (AvgIpc) is 2.52. The van der Waals surface area contributed by atoms with E-state index in [1.54, 1.807) is 17.4 Å². The Morgan fingerprint density at radius 3 is 3.00 bits per heavy atom. The van der Waals surface area contributed by atoms with Gasteiger partial charge in [-0.3, -0.25) is 4.79 Å². The van der Waals surface area contributed by atoms with Crippen LogP contribution in [0, 0.1) is 6.92 Å². The molecule has 2 rings (SSSR count). The highest BCUT2D eigenvalue weighted by Crippen LogP contribution is 2.21. The van der Waals surface area contributed by atoms with Crippen LogP contribution in [0.4, 0.5) is 0 Å². The first-order chi connectivity index (χ1) is 6.25. The van der Waals surface area contributed by atoms with Crippen LogP contribution in [0.15, 0.2) is 23.6 Å². The summed E-state index contributed by atoms with van der Waals surface area (Å²) in [5.41, 5.74) is 1.84. The van der Waals surface area contributed by atoms with Crippen molar-refractivity contribution >= 4 is 22.7 Å². The third kappa shape index (κ3) is 1.75. The number of aromatic nitrogens is 1. The lowest BCUT2D eigenvalue weighted by molar-refractivity contribution is -0.113. The maximum absolute atomic E-state index is 11.1. The Labute approximate surface area is 80.6 Å². The Hall–Kier alpha value is -1.22. The van der Waals surface area contributed by atoms with Crippen molar-refractivity contribution in [3.05, 3.63) is 34.3 Å². The van der Waals surface area contributed by atoms with Gasteiger partial charge in [0.2, 0.25) is 0 Å². The molecule has 1 aromatic rings. The van der Waals surface area contributed by atoms with Gasteiger partial charge in [-0.05, 0) is 13.0 Å². The molecule has 2 nitrogen and oxygen atoms in total. The quantitative estimate of drug-likeness (QED) is 0.682. The van der Waals surface area contributed by atoms with Crippen LogP contribution in [0.5, 0.6) is 0 Å². The summed E-state index contributed by atoms with van der Waals surface area (Å²) in [6.45, 7) is 1.96. The van der Waals surface area contributed by atoms with E-state index in [0.29, 0.717) is 6.42 Å². The summed E-state index contributed by atoms with van der Waals surface area (Å²) in [5.74, 6) is 0.156. The van der Waals surface area contributed by atoms with Gasteiger partial charge in [0.15, 0.2) is 5.78 Å². The molecule has 0 aromatic carbocycles. The van der Waals surface area contributed by atoms with E-state index in [4.69, 9.17) is 0 Å². The maximum Gasteiger partial charge on any atom is 0.160 e. The molecule has 0 unspecified atom stereocenters. The normalized spacial score (nSPS) is 16.1. The van der Waals surface area contributed by atoms with Crippen molar-refractivity contribution in [2.45, 2.75) is 13.3 Å². The van der Waals surface area contributed by atoms with Crippen molar-refractivity contribution in [1.82, 2.24) is 4.98 Å². The van der Waals surface area contributed by atoms with E-state index < -0.39 is 0 Å². The molecule has 1 aliphatic rings. The monoisotopic (exact) mass is 191 g/mol. The van der Waals surface area contributed by atoms with Crippen LogP contribution in [-0.4, -0.2) is 10.8 Å². The maximum atomic E-state index is 11.1. The molecule has 66 valence electrons. The highest BCUT2D eigenvalue weighted by atomic mass is 32.1. The smallest absolute Gasteiger partial charge is 0.160 e. The average molecular weight is 191 g/mol. The number of ketones is 1. The highest BCUT2D eigenvalue weighted by molar-refractivity contribution is 7.09. The van der Waals surface area contributed by atoms with E-state index in [-0.39, 0.29) is 5.78 Å². The van der Waals surface area contributed by atoms with Crippen LogP contribution < -0.4 is 0 Å². The van der Waals surface area contributed by atoms with E-state index >= 15 is 0 Å². The van der Waals surface area contributed by atoms with Crippen LogP contribution in [0.3, 0.4) is 0 Å². The van der Waals surface area contributed by atoms with E-state index in [9.17, 15) is 4.79 Å². The molecule has 0 spiro atoms. The second kappa shape index (κ2) is 3.26. The number of hydrogen-bond donors (Lipinski definition) is 0. The SMILES string of the molecule is Cc1nc(C2=CC(=O)CC=C2)cs1. The molecule has 0 radical (unpaired) electrons. The predicted molar refractivity (Wildman–Crippen MR) is 53.6 cm³/mol. The van der Waals surface area contributed by atoms with E-state index in [2.05, 4.69) is 4.98 Å². The molecule has 0 amide bonds. The van der Waals surface area contributed by atoms with Crippen molar-refractivity contribution in [3.8, 4) is 0 Å². The summed E-state index contributed by atoms with van der Waals surface area (Å²) in [7, 11) is 0. The third-order valence-electron chi connectivity index (χ3n) is 1.85. The van der Waals surface area contributed by atoms with Crippen molar-refractivity contribution < 1.29 is 4.79 Å². The minimum Gasteiger partial charge on any atom is -0.294 e. The fraction of sp³-hybridized carbons (Fsp3) is 0.200. The molecule has 0 N–H and O–H groups in total. The highest BCUT2D eigenvalue weighted by Gasteiger charge is 2.08. The zero-order valence-electron chi connectivity index (χ0n) is 7.28. The first-order valence-electron chi connectivity index (χ1n) is 4.09. The van der Waals surface area contributed by atoms with Gasteiger partial charge in [-0.15, -0.1) is 11.3 Å². The van der Waals surface area contributed by atoms with Crippen LogP contribution in [-0.2, 0) is 4.79 Å². The number of hydrogen-bond acceptors (Lipinski definition) is 3. The number of nitrogens with zero attached hydrogens (tertiary/aromatic N) is 1. The summed E-state index contributed by atoms with van der Waals surface area (Å²) in [4.78, 5) is 15.4. The van der Waals surface area contributed by atoms with Gasteiger partial charge in [-0.1, -0.05) is 12.2 Å². The second-order valence-corrected chi connectivity index (χ2v) is 3.99. The minimum atomic E-state index is 0.156. The number of carbonyl (C=O) groups excluding carboxylic acids is 1. The van der Waals surface area contributed by atoms with Crippen molar-refractivity contribution in [3.63, 3.8) is 0 Å². The van der Waals surface area contributed by atoms with Gasteiger partial charge in [-0.25, -0.2) is 4.98 Å². The lowest BCUT2D eigenvalue weighted by Crippen LogP contribution is -1.97. The standard InChI is InChI=1S/C10H9NOS/c1-7-11-10(6-13-7)8-3-2-4-9(12)5-8/h2-3,5-6H,4H2,1H3. The number of allylic oxidation sites excluding steroid dienone is 4. The van der Waals surface area contributed by atoms with Gasteiger partial charge in [0, 0.05) is 17.4 Å². The fourth-order valence-corrected chi connectivity index (χ4v) is 1.86.